The zero-order chi connectivity index (χ0) is 11.3. The summed E-state index contributed by atoms with van der Waals surface area (Å²) < 4.78 is 10.3. The number of benzene rings is 1. The third kappa shape index (κ3) is 2.62. The first-order valence-electron chi connectivity index (χ1n) is 4.59. The van der Waals surface area contributed by atoms with Crippen molar-refractivity contribution >= 4 is 12.0 Å². The highest BCUT2D eigenvalue weighted by Crippen LogP contribution is 2.30. The van der Waals surface area contributed by atoms with E-state index in [4.69, 9.17) is 9.47 Å². The predicted molar refractivity (Wildman–Crippen MR) is 58.9 cm³/mol. The van der Waals surface area contributed by atoms with Gasteiger partial charge in [0.1, 0.15) is 6.29 Å². The van der Waals surface area contributed by atoms with Crippen LogP contribution >= 0.6 is 0 Å². The van der Waals surface area contributed by atoms with Crippen molar-refractivity contribution in [3.63, 3.8) is 0 Å². The first kappa shape index (κ1) is 11.4. The maximum atomic E-state index is 10.4. The Morgan fingerprint density at radius 3 is 2.47 bits per heavy atom. The van der Waals surface area contributed by atoms with Gasteiger partial charge in [-0.3, -0.25) is 0 Å². The first-order valence-corrected chi connectivity index (χ1v) is 4.59. The van der Waals surface area contributed by atoms with E-state index in [1.165, 1.54) is 0 Å². The summed E-state index contributed by atoms with van der Waals surface area (Å²) in [6.45, 7) is 0.357. The van der Waals surface area contributed by atoms with Gasteiger partial charge in [-0.1, -0.05) is 0 Å². The lowest BCUT2D eigenvalue weighted by atomic mass is 10.2. The van der Waals surface area contributed by atoms with E-state index in [2.05, 4.69) is 0 Å². The van der Waals surface area contributed by atoms with Crippen LogP contribution < -0.4 is 14.4 Å². The molecule has 15 heavy (non-hydrogen) atoms. The summed E-state index contributed by atoms with van der Waals surface area (Å²) in [5, 5.41) is 0. The van der Waals surface area contributed by atoms with E-state index in [0.29, 0.717) is 18.0 Å². The molecule has 1 rings (SSSR count). The first-order chi connectivity index (χ1) is 7.22. The number of aldehydes is 1. The number of hydrogen-bond donors (Lipinski definition) is 0. The molecule has 0 aliphatic heterocycles. The van der Waals surface area contributed by atoms with Crippen molar-refractivity contribution in [1.82, 2.24) is 0 Å². The number of hydrogen-bond acceptors (Lipinski definition) is 4. The number of methoxy groups -OCH3 is 2. The lowest BCUT2D eigenvalue weighted by molar-refractivity contribution is -0.106. The average Bonchev–Trinajstić information content (AvgIpc) is 2.28. The van der Waals surface area contributed by atoms with Crippen LogP contribution in [0.5, 0.6) is 11.5 Å². The van der Waals surface area contributed by atoms with Crippen molar-refractivity contribution in [2.75, 3.05) is 32.7 Å². The van der Waals surface area contributed by atoms with Gasteiger partial charge >= 0.3 is 0 Å². The number of anilines is 1. The summed E-state index contributed by atoms with van der Waals surface area (Å²) in [6.07, 6.45) is 0.858. The standard InChI is InChI=1S/C11H15NO3/c1-12(6-7-13)9-4-5-10(14-2)11(8-9)15-3/h4-5,7-8H,6H2,1-3H3. The average molecular weight is 209 g/mol. The molecule has 0 saturated heterocycles. The van der Waals surface area contributed by atoms with Crippen molar-refractivity contribution in [3.8, 4) is 11.5 Å². The van der Waals surface area contributed by atoms with E-state index in [1.54, 1.807) is 14.2 Å². The lowest BCUT2D eigenvalue weighted by Gasteiger charge is -2.17. The molecule has 0 aliphatic rings. The monoisotopic (exact) mass is 209 g/mol. The second-order valence-corrected chi connectivity index (χ2v) is 3.09. The number of likely N-dealkylation sites (N-methyl/N-ethyl adjacent to an activating group) is 1. The van der Waals surface area contributed by atoms with E-state index in [0.717, 1.165) is 12.0 Å². The molecule has 0 aliphatic carbocycles. The third-order valence-corrected chi connectivity index (χ3v) is 2.16. The SMILES string of the molecule is COc1ccc(N(C)CC=O)cc1OC. The fourth-order valence-electron chi connectivity index (χ4n) is 1.28. The Bertz CT molecular complexity index is 339. The Labute approximate surface area is 89.4 Å². The summed E-state index contributed by atoms with van der Waals surface area (Å²) in [5.41, 5.74) is 0.916. The maximum absolute atomic E-state index is 10.4. The molecular weight excluding hydrogens is 194 g/mol. The molecule has 0 fully saturated rings. The van der Waals surface area contributed by atoms with E-state index in [-0.39, 0.29) is 0 Å². The Morgan fingerprint density at radius 2 is 1.93 bits per heavy atom. The summed E-state index contributed by atoms with van der Waals surface area (Å²) in [6, 6.07) is 5.53. The molecule has 0 amide bonds. The summed E-state index contributed by atoms with van der Waals surface area (Å²) in [4.78, 5) is 12.2. The Kier molecular flexibility index (Phi) is 3.97. The molecule has 0 heterocycles. The van der Waals surface area contributed by atoms with Gasteiger partial charge in [0, 0.05) is 18.8 Å². The van der Waals surface area contributed by atoms with E-state index < -0.39 is 0 Å². The second kappa shape index (κ2) is 5.24. The molecule has 0 aromatic heterocycles. The molecule has 0 atom stereocenters. The number of nitrogens with zero attached hydrogens (tertiary/aromatic N) is 1. The predicted octanol–water partition coefficient (Wildman–Crippen LogP) is 1.34. The summed E-state index contributed by atoms with van der Waals surface area (Å²) in [7, 11) is 5.02. The van der Waals surface area contributed by atoms with Crippen LogP contribution in [0.3, 0.4) is 0 Å². The molecule has 82 valence electrons. The Morgan fingerprint density at radius 1 is 1.27 bits per heavy atom. The van der Waals surface area contributed by atoms with Crippen LogP contribution in [-0.4, -0.2) is 34.1 Å². The molecule has 0 radical (unpaired) electrons. The molecule has 0 spiro atoms. The lowest BCUT2D eigenvalue weighted by Crippen LogP contribution is -2.19. The number of carbonyl (C=O) groups is 1. The Balaban J connectivity index is 2.96. The van der Waals surface area contributed by atoms with E-state index in [1.807, 2.05) is 30.1 Å². The molecule has 4 heteroatoms. The molecule has 4 nitrogen and oxygen atoms in total. The molecular formula is C11H15NO3. The van der Waals surface area contributed by atoms with Crippen molar-refractivity contribution in [3.05, 3.63) is 18.2 Å². The maximum Gasteiger partial charge on any atom is 0.162 e. The van der Waals surface area contributed by atoms with Crippen LogP contribution in [0.4, 0.5) is 5.69 Å². The number of ether oxygens (including phenoxy) is 2. The van der Waals surface area contributed by atoms with Crippen molar-refractivity contribution in [1.29, 1.82) is 0 Å². The van der Waals surface area contributed by atoms with Gasteiger partial charge in [-0.05, 0) is 12.1 Å². The van der Waals surface area contributed by atoms with Gasteiger partial charge in [0.2, 0.25) is 0 Å². The Hall–Kier alpha value is -1.71. The van der Waals surface area contributed by atoms with Crippen LogP contribution in [0, 0.1) is 0 Å². The van der Waals surface area contributed by atoms with Gasteiger partial charge in [-0.25, -0.2) is 0 Å². The van der Waals surface area contributed by atoms with E-state index in [9.17, 15) is 4.79 Å². The number of rotatable bonds is 5. The van der Waals surface area contributed by atoms with Crippen molar-refractivity contribution in [2.24, 2.45) is 0 Å². The summed E-state index contributed by atoms with van der Waals surface area (Å²) in [5.74, 6) is 1.34. The van der Waals surface area contributed by atoms with Gasteiger partial charge in [-0.2, -0.15) is 0 Å². The molecule has 0 bridgehead atoms. The highest BCUT2D eigenvalue weighted by molar-refractivity contribution is 5.63. The van der Waals surface area contributed by atoms with E-state index >= 15 is 0 Å². The van der Waals surface area contributed by atoms with Gasteiger partial charge in [0.25, 0.3) is 0 Å². The smallest absolute Gasteiger partial charge is 0.162 e. The molecule has 0 saturated carbocycles. The van der Waals surface area contributed by atoms with Crippen LogP contribution in [-0.2, 0) is 4.79 Å². The third-order valence-electron chi connectivity index (χ3n) is 2.16. The minimum atomic E-state index is 0.357. The zero-order valence-electron chi connectivity index (χ0n) is 9.19. The molecule has 1 aromatic carbocycles. The van der Waals surface area contributed by atoms with Gasteiger partial charge in [0.05, 0.1) is 20.8 Å². The minimum Gasteiger partial charge on any atom is -0.493 e. The quantitative estimate of drug-likeness (QED) is 0.686. The summed E-state index contributed by atoms with van der Waals surface area (Å²) >= 11 is 0. The fraction of sp³-hybridized carbons (Fsp3) is 0.364. The molecule has 1 aromatic rings. The van der Waals surface area contributed by atoms with Crippen LogP contribution in [0.15, 0.2) is 18.2 Å². The van der Waals surface area contributed by atoms with Gasteiger partial charge in [-0.15, -0.1) is 0 Å². The van der Waals surface area contributed by atoms with Crippen molar-refractivity contribution in [2.45, 2.75) is 0 Å². The molecule has 0 N–H and O–H groups in total. The van der Waals surface area contributed by atoms with Gasteiger partial charge < -0.3 is 19.2 Å². The second-order valence-electron chi connectivity index (χ2n) is 3.09. The van der Waals surface area contributed by atoms with Crippen molar-refractivity contribution < 1.29 is 14.3 Å². The zero-order valence-corrected chi connectivity index (χ0v) is 9.19. The topological polar surface area (TPSA) is 38.8 Å². The largest absolute Gasteiger partial charge is 0.493 e. The normalized spacial score (nSPS) is 9.53. The van der Waals surface area contributed by atoms with Crippen LogP contribution in [0.2, 0.25) is 0 Å². The van der Waals surface area contributed by atoms with Crippen LogP contribution in [0.1, 0.15) is 0 Å². The fourth-order valence-corrected chi connectivity index (χ4v) is 1.28. The van der Waals surface area contributed by atoms with Crippen LogP contribution in [0.25, 0.3) is 0 Å². The van der Waals surface area contributed by atoms with Gasteiger partial charge in [0.15, 0.2) is 11.5 Å². The minimum absolute atomic E-state index is 0.357. The highest BCUT2D eigenvalue weighted by atomic mass is 16.5. The number of carbonyl (C=O) groups excluding carboxylic acids is 1. The highest BCUT2D eigenvalue weighted by Gasteiger charge is 2.06. The molecule has 0 unspecified atom stereocenters.